The van der Waals surface area contributed by atoms with Crippen molar-refractivity contribution in [3.05, 3.63) is 42.1 Å². The zero-order valence-corrected chi connectivity index (χ0v) is 8.31. The van der Waals surface area contributed by atoms with Crippen LogP contribution in [0.3, 0.4) is 0 Å². The molecule has 0 fully saturated rings. The Morgan fingerprint density at radius 1 is 1.25 bits per heavy atom. The minimum Gasteiger partial charge on any atom is -0.359 e. The first kappa shape index (κ1) is 9.99. The number of amides is 1. The van der Waals surface area contributed by atoms with E-state index in [1.807, 2.05) is 12.1 Å². The van der Waals surface area contributed by atoms with Crippen LogP contribution in [-0.4, -0.2) is 11.1 Å². The molecule has 1 heterocycles. The highest BCUT2D eigenvalue weighted by atomic mass is 16.5. The highest BCUT2D eigenvalue weighted by molar-refractivity contribution is 5.92. The van der Waals surface area contributed by atoms with E-state index < -0.39 is 5.91 Å². The quantitative estimate of drug-likeness (QED) is 0.721. The molecule has 4 heteroatoms. The van der Waals surface area contributed by atoms with Gasteiger partial charge >= 0.3 is 0 Å². The Balaban J connectivity index is 2.24. The summed E-state index contributed by atoms with van der Waals surface area (Å²) in [4.78, 5) is 10.5. The summed E-state index contributed by atoms with van der Waals surface area (Å²) < 4.78 is 5.00. The number of primary amides is 1. The molecular formula is C12H8N2O2. The zero-order valence-electron chi connectivity index (χ0n) is 8.31. The van der Waals surface area contributed by atoms with Crippen molar-refractivity contribution in [2.24, 2.45) is 5.73 Å². The first-order valence-corrected chi connectivity index (χ1v) is 4.58. The van der Waals surface area contributed by atoms with Crippen molar-refractivity contribution in [2.75, 3.05) is 0 Å². The summed E-state index contributed by atoms with van der Waals surface area (Å²) in [6.45, 7) is 0. The van der Waals surface area contributed by atoms with Crippen LogP contribution >= 0.6 is 0 Å². The predicted molar refractivity (Wildman–Crippen MR) is 58.0 cm³/mol. The Morgan fingerprint density at radius 3 is 2.56 bits per heavy atom. The summed E-state index contributed by atoms with van der Waals surface area (Å²) >= 11 is 0. The van der Waals surface area contributed by atoms with Gasteiger partial charge in [-0.05, 0) is 30.2 Å². The molecule has 2 N–H and O–H groups in total. The van der Waals surface area contributed by atoms with Crippen molar-refractivity contribution < 1.29 is 9.32 Å². The number of carbonyl (C=O) groups is 1. The molecule has 0 unspecified atom stereocenters. The molecule has 0 spiro atoms. The van der Waals surface area contributed by atoms with E-state index in [1.54, 1.807) is 24.4 Å². The third-order valence-corrected chi connectivity index (χ3v) is 1.94. The number of nitrogens with two attached hydrogens (primary N) is 1. The van der Waals surface area contributed by atoms with Gasteiger partial charge in [0.15, 0.2) is 5.76 Å². The van der Waals surface area contributed by atoms with Gasteiger partial charge in [-0.3, -0.25) is 4.79 Å². The monoisotopic (exact) mass is 212 g/mol. The molecule has 2 aromatic rings. The van der Waals surface area contributed by atoms with E-state index >= 15 is 0 Å². The number of benzene rings is 1. The second-order valence-electron chi connectivity index (χ2n) is 3.07. The highest BCUT2D eigenvalue weighted by Gasteiger charge is 2.00. The molecule has 16 heavy (non-hydrogen) atoms. The van der Waals surface area contributed by atoms with Crippen LogP contribution in [0.25, 0.3) is 11.3 Å². The SMILES string of the molecule is NC(=O)C#Cc1ccc(-c2ccno2)cc1. The Bertz CT molecular complexity index is 545. The molecule has 0 saturated heterocycles. The molecular weight excluding hydrogens is 204 g/mol. The van der Waals surface area contributed by atoms with E-state index in [1.165, 1.54) is 0 Å². The molecule has 1 amide bonds. The number of hydrogen-bond donors (Lipinski definition) is 1. The summed E-state index contributed by atoms with van der Waals surface area (Å²) in [6, 6.07) is 9.02. The fourth-order valence-corrected chi connectivity index (χ4v) is 1.22. The van der Waals surface area contributed by atoms with Gasteiger partial charge in [0.2, 0.25) is 0 Å². The standard InChI is InChI=1S/C12H8N2O2/c13-12(15)6-3-9-1-4-10(5-2-9)11-7-8-14-16-11/h1-2,4-5,7-8H,(H2,13,15). The second-order valence-corrected chi connectivity index (χ2v) is 3.07. The van der Waals surface area contributed by atoms with Crippen LogP contribution in [0.5, 0.6) is 0 Å². The molecule has 0 atom stereocenters. The van der Waals surface area contributed by atoms with Crippen molar-refractivity contribution in [3.8, 4) is 23.2 Å². The van der Waals surface area contributed by atoms with Crippen molar-refractivity contribution in [2.45, 2.75) is 0 Å². The van der Waals surface area contributed by atoms with Gasteiger partial charge in [-0.25, -0.2) is 0 Å². The van der Waals surface area contributed by atoms with E-state index in [2.05, 4.69) is 17.0 Å². The molecule has 1 aromatic carbocycles. The molecule has 0 radical (unpaired) electrons. The molecule has 4 nitrogen and oxygen atoms in total. The Labute approximate surface area is 92.0 Å². The summed E-state index contributed by atoms with van der Waals surface area (Å²) in [5, 5.41) is 3.62. The van der Waals surface area contributed by atoms with Crippen LogP contribution in [-0.2, 0) is 4.79 Å². The first-order chi connectivity index (χ1) is 7.75. The van der Waals surface area contributed by atoms with Crippen LogP contribution in [0.4, 0.5) is 0 Å². The summed E-state index contributed by atoms with van der Waals surface area (Å²) in [5.41, 5.74) is 6.54. The molecule has 1 aromatic heterocycles. The molecule has 0 bridgehead atoms. The third-order valence-electron chi connectivity index (χ3n) is 1.94. The molecule has 0 saturated carbocycles. The Morgan fingerprint density at radius 2 is 2.00 bits per heavy atom. The van der Waals surface area contributed by atoms with Gasteiger partial charge in [-0.2, -0.15) is 0 Å². The smallest absolute Gasteiger partial charge is 0.293 e. The fraction of sp³-hybridized carbons (Fsp3) is 0. The predicted octanol–water partition coefficient (Wildman–Crippen LogP) is 1.18. The van der Waals surface area contributed by atoms with Gasteiger partial charge in [0.05, 0.1) is 6.20 Å². The minimum atomic E-state index is -0.640. The van der Waals surface area contributed by atoms with Crippen molar-refractivity contribution in [3.63, 3.8) is 0 Å². The lowest BCUT2D eigenvalue weighted by molar-refractivity contribution is -0.112. The van der Waals surface area contributed by atoms with E-state index in [0.29, 0.717) is 5.76 Å². The van der Waals surface area contributed by atoms with Crippen LogP contribution in [0.1, 0.15) is 5.56 Å². The van der Waals surface area contributed by atoms with E-state index in [-0.39, 0.29) is 0 Å². The van der Waals surface area contributed by atoms with Crippen molar-refractivity contribution >= 4 is 5.91 Å². The lowest BCUT2D eigenvalue weighted by Crippen LogP contribution is -2.06. The van der Waals surface area contributed by atoms with Gasteiger partial charge in [0, 0.05) is 17.2 Å². The normalized spacial score (nSPS) is 9.25. The second kappa shape index (κ2) is 4.32. The van der Waals surface area contributed by atoms with Crippen LogP contribution in [0.15, 0.2) is 41.1 Å². The number of nitrogens with zero attached hydrogens (tertiary/aromatic N) is 1. The van der Waals surface area contributed by atoms with Crippen LogP contribution < -0.4 is 5.73 Å². The largest absolute Gasteiger partial charge is 0.359 e. The number of hydrogen-bond acceptors (Lipinski definition) is 3. The number of carbonyl (C=O) groups excluding carboxylic acids is 1. The first-order valence-electron chi connectivity index (χ1n) is 4.58. The maximum absolute atomic E-state index is 10.5. The van der Waals surface area contributed by atoms with E-state index in [0.717, 1.165) is 11.1 Å². The van der Waals surface area contributed by atoms with Crippen molar-refractivity contribution in [1.29, 1.82) is 0 Å². The van der Waals surface area contributed by atoms with Gasteiger partial charge < -0.3 is 10.3 Å². The minimum absolute atomic E-state index is 0.640. The Hall–Kier alpha value is -2.54. The molecule has 0 aliphatic carbocycles. The topological polar surface area (TPSA) is 69.1 Å². The van der Waals surface area contributed by atoms with E-state index in [4.69, 9.17) is 10.3 Å². The van der Waals surface area contributed by atoms with Crippen LogP contribution in [0, 0.1) is 11.8 Å². The van der Waals surface area contributed by atoms with Gasteiger partial charge in [0.25, 0.3) is 5.91 Å². The van der Waals surface area contributed by atoms with Gasteiger partial charge in [-0.15, -0.1) is 0 Å². The molecule has 0 aliphatic rings. The molecule has 78 valence electrons. The molecule has 2 rings (SSSR count). The van der Waals surface area contributed by atoms with E-state index in [9.17, 15) is 4.79 Å². The van der Waals surface area contributed by atoms with Gasteiger partial charge in [-0.1, -0.05) is 11.1 Å². The number of rotatable bonds is 1. The lowest BCUT2D eigenvalue weighted by atomic mass is 10.1. The maximum Gasteiger partial charge on any atom is 0.293 e. The number of aromatic nitrogens is 1. The van der Waals surface area contributed by atoms with Gasteiger partial charge in [0.1, 0.15) is 0 Å². The molecule has 0 aliphatic heterocycles. The zero-order chi connectivity index (χ0) is 11.4. The Kier molecular flexibility index (Phi) is 2.70. The fourth-order valence-electron chi connectivity index (χ4n) is 1.22. The summed E-state index contributed by atoms with van der Waals surface area (Å²) in [5.74, 6) is 4.96. The summed E-state index contributed by atoms with van der Waals surface area (Å²) in [6.07, 6.45) is 1.58. The van der Waals surface area contributed by atoms with Crippen molar-refractivity contribution in [1.82, 2.24) is 5.16 Å². The third kappa shape index (κ3) is 2.28. The lowest BCUT2D eigenvalue weighted by Gasteiger charge is -1.94. The maximum atomic E-state index is 10.5. The van der Waals surface area contributed by atoms with Crippen LogP contribution in [0.2, 0.25) is 0 Å². The average molecular weight is 212 g/mol. The summed E-state index contributed by atoms with van der Waals surface area (Å²) in [7, 11) is 0. The highest BCUT2D eigenvalue weighted by Crippen LogP contribution is 2.18. The average Bonchev–Trinajstić information content (AvgIpc) is 2.80.